The summed E-state index contributed by atoms with van der Waals surface area (Å²) in [5, 5.41) is 5.19. The SMILES string of the molecule is CCCC(NC(=O)C1(C(N)=S)CCC1)c1cccs1. The molecule has 3 N–H and O–H groups in total. The number of hydrogen-bond acceptors (Lipinski definition) is 3. The van der Waals surface area contributed by atoms with Gasteiger partial charge in [0.25, 0.3) is 0 Å². The van der Waals surface area contributed by atoms with Crippen molar-refractivity contribution in [2.24, 2.45) is 11.1 Å². The van der Waals surface area contributed by atoms with Crippen molar-refractivity contribution in [2.45, 2.75) is 45.1 Å². The maximum absolute atomic E-state index is 12.5. The van der Waals surface area contributed by atoms with Gasteiger partial charge in [-0.25, -0.2) is 0 Å². The second-order valence-electron chi connectivity index (χ2n) is 5.13. The van der Waals surface area contributed by atoms with Gasteiger partial charge < -0.3 is 11.1 Å². The molecule has 104 valence electrons. The Labute approximate surface area is 123 Å². The van der Waals surface area contributed by atoms with Crippen LogP contribution >= 0.6 is 23.6 Å². The van der Waals surface area contributed by atoms with E-state index in [1.54, 1.807) is 11.3 Å². The van der Waals surface area contributed by atoms with Crippen molar-refractivity contribution in [2.75, 3.05) is 0 Å². The fourth-order valence-corrected chi connectivity index (χ4v) is 3.59. The van der Waals surface area contributed by atoms with Gasteiger partial charge in [0.1, 0.15) is 0 Å². The Kier molecular flexibility index (Phi) is 4.58. The molecule has 1 atom stereocenters. The molecule has 0 spiro atoms. The third-order valence-electron chi connectivity index (χ3n) is 3.88. The van der Waals surface area contributed by atoms with E-state index in [-0.39, 0.29) is 11.9 Å². The van der Waals surface area contributed by atoms with Crippen LogP contribution in [-0.2, 0) is 4.79 Å². The van der Waals surface area contributed by atoms with Crippen LogP contribution in [0, 0.1) is 5.41 Å². The molecule has 3 nitrogen and oxygen atoms in total. The molecule has 0 aliphatic heterocycles. The highest BCUT2D eigenvalue weighted by Gasteiger charge is 2.47. The van der Waals surface area contributed by atoms with Crippen molar-refractivity contribution in [3.8, 4) is 0 Å². The van der Waals surface area contributed by atoms with Gasteiger partial charge in [-0.1, -0.05) is 38.0 Å². The van der Waals surface area contributed by atoms with Crippen molar-refractivity contribution in [3.05, 3.63) is 22.4 Å². The maximum Gasteiger partial charge on any atom is 0.233 e. The molecule has 1 amide bonds. The van der Waals surface area contributed by atoms with E-state index in [1.807, 2.05) is 11.4 Å². The van der Waals surface area contributed by atoms with Gasteiger partial charge in [0.15, 0.2) is 0 Å². The molecule has 5 heteroatoms. The number of carbonyl (C=O) groups excluding carboxylic acids is 1. The first-order valence-corrected chi connectivity index (χ1v) is 8.03. The molecule has 2 rings (SSSR count). The third-order valence-corrected chi connectivity index (χ3v) is 5.26. The number of thiocarbonyl (C=S) groups is 1. The van der Waals surface area contributed by atoms with Crippen LogP contribution in [-0.4, -0.2) is 10.9 Å². The normalized spacial score (nSPS) is 18.4. The highest BCUT2D eigenvalue weighted by Crippen LogP contribution is 2.42. The second-order valence-corrected chi connectivity index (χ2v) is 6.55. The zero-order valence-corrected chi connectivity index (χ0v) is 12.8. The first kappa shape index (κ1) is 14.5. The molecule has 0 saturated heterocycles. The molecule has 1 aliphatic rings. The molecule has 0 radical (unpaired) electrons. The quantitative estimate of drug-likeness (QED) is 0.793. The molecular weight excluding hydrogens is 276 g/mol. The molecule has 1 heterocycles. The summed E-state index contributed by atoms with van der Waals surface area (Å²) in [6.07, 6.45) is 4.58. The van der Waals surface area contributed by atoms with Gasteiger partial charge in [-0.05, 0) is 30.7 Å². The molecule has 0 bridgehead atoms. The van der Waals surface area contributed by atoms with Crippen LogP contribution < -0.4 is 11.1 Å². The van der Waals surface area contributed by atoms with E-state index < -0.39 is 5.41 Å². The molecule has 1 saturated carbocycles. The summed E-state index contributed by atoms with van der Waals surface area (Å²) in [5.41, 5.74) is 5.19. The first-order chi connectivity index (χ1) is 9.10. The van der Waals surface area contributed by atoms with Crippen LogP contribution in [0.15, 0.2) is 17.5 Å². The minimum Gasteiger partial charge on any atom is -0.392 e. The molecule has 0 aromatic carbocycles. The van der Waals surface area contributed by atoms with Crippen LogP contribution in [0.5, 0.6) is 0 Å². The van der Waals surface area contributed by atoms with E-state index in [4.69, 9.17) is 18.0 Å². The molecule has 1 unspecified atom stereocenters. The summed E-state index contributed by atoms with van der Waals surface area (Å²) in [6.45, 7) is 2.12. The fourth-order valence-electron chi connectivity index (χ4n) is 2.48. The Morgan fingerprint density at radius 1 is 1.63 bits per heavy atom. The Balaban J connectivity index is 2.09. The van der Waals surface area contributed by atoms with Crippen LogP contribution in [0.2, 0.25) is 0 Å². The summed E-state index contributed by atoms with van der Waals surface area (Å²) < 4.78 is 0. The molecule has 1 aliphatic carbocycles. The first-order valence-electron chi connectivity index (χ1n) is 6.74. The van der Waals surface area contributed by atoms with Gasteiger partial charge in [0.2, 0.25) is 5.91 Å². The van der Waals surface area contributed by atoms with Crippen molar-refractivity contribution >= 4 is 34.5 Å². The Morgan fingerprint density at radius 2 is 2.37 bits per heavy atom. The maximum atomic E-state index is 12.5. The van der Waals surface area contributed by atoms with Crippen molar-refractivity contribution < 1.29 is 4.79 Å². The smallest absolute Gasteiger partial charge is 0.233 e. The van der Waals surface area contributed by atoms with Crippen LogP contribution in [0.1, 0.15) is 49.9 Å². The number of amides is 1. The van der Waals surface area contributed by atoms with E-state index in [0.717, 1.165) is 32.1 Å². The summed E-state index contributed by atoms with van der Waals surface area (Å²) in [4.78, 5) is 14.0. The lowest BCUT2D eigenvalue weighted by Gasteiger charge is -2.40. The van der Waals surface area contributed by atoms with E-state index in [0.29, 0.717) is 4.99 Å². The number of thiophene rings is 1. The van der Waals surface area contributed by atoms with Crippen molar-refractivity contribution in [1.82, 2.24) is 5.32 Å². The topological polar surface area (TPSA) is 55.1 Å². The van der Waals surface area contributed by atoms with Gasteiger partial charge in [-0.15, -0.1) is 11.3 Å². The second kappa shape index (κ2) is 6.01. The van der Waals surface area contributed by atoms with E-state index in [2.05, 4.69) is 18.3 Å². The predicted molar refractivity (Wildman–Crippen MR) is 83.2 cm³/mol. The lowest BCUT2D eigenvalue weighted by molar-refractivity contribution is -0.131. The largest absolute Gasteiger partial charge is 0.392 e. The highest BCUT2D eigenvalue weighted by atomic mass is 32.1. The average molecular weight is 296 g/mol. The molecule has 1 fully saturated rings. The van der Waals surface area contributed by atoms with E-state index in [9.17, 15) is 4.79 Å². The van der Waals surface area contributed by atoms with Crippen LogP contribution in [0.3, 0.4) is 0 Å². The monoisotopic (exact) mass is 296 g/mol. The zero-order valence-electron chi connectivity index (χ0n) is 11.1. The predicted octanol–water partition coefficient (Wildman–Crippen LogP) is 3.16. The van der Waals surface area contributed by atoms with Crippen LogP contribution in [0.4, 0.5) is 0 Å². The number of rotatable bonds is 6. The van der Waals surface area contributed by atoms with Gasteiger partial charge in [0, 0.05) is 4.88 Å². The van der Waals surface area contributed by atoms with Gasteiger partial charge in [0.05, 0.1) is 16.4 Å². The summed E-state index contributed by atoms with van der Waals surface area (Å²) in [6, 6.07) is 4.17. The number of carbonyl (C=O) groups is 1. The lowest BCUT2D eigenvalue weighted by Crippen LogP contribution is -2.53. The van der Waals surface area contributed by atoms with E-state index in [1.165, 1.54) is 4.88 Å². The van der Waals surface area contributed by atoms with Crippen molar-refractivity contribution in [1.29, 1.82) is 0 Å². The summed E-state index contributed by atoms with van der Waals surface area (Å²) >= 11 is 6.77. The zero-order chi connectivity index (χ0) is 13.9. The van der Waals surface area contributed by atoms with Gasteiger partial charge >= 0.3 is 0 Å². The van der Waals surface area contributed by atoms with Gasteiger partial charge in [-0.3, -0.25) is 4.79 Å². The summed E-state index contributed by atoms with van der Waals surface area (Å²) in [7, 11) is 0. The lowest BCUT2D eigenvalue weighted by atomic mass is 9.68. The third kappa shape index (κ3) is 2.82. The van der Waals surface area contributed by atoms with Crippen molar-refractivity contribution in [3.63, 3.8) is 0 Å². The van der Waals surface area contributed by atoms with E-state index >= 15 is 0 Å². The minimum atomic E-state index is -0.585. The minimum absolute atomic E-state index is 0.0121. The average Bonchev–Trinajstić information content (AvgIpc) is 2.79. The number of hydrogen-bond donors (Lipinski definition) is 2. The standard InChI is InChI=1S/C14H20N2OS2/c1-2-5-10(11-6-3-9-19-11)16-13(17)14(12(15)18)7-4-8-14/h3,6,9-10H,2,4-5,7-8H2,1H3,(H2,15,18)(H,16,17). The molecule has 1 aromatic heterocycles. The Hall–Kier alpha value is -0.940. The Bertz CT molecular complexity index is 452. The number of nitrogens with two attached hydrogens (primary N) is 1. The molecule has 1 aromatic rings. The fraction of sp³-hybridized carbons (Fsp3) is 0.571. The summed E-state index contributed by atoms with van der Waals surface area (Å²) in [5.74, 6) is 0.0121. The van der Waals surface area contributed by atoms with Gasteiger partial charge in [-0.2, -0.15) is 0 Å². The van der Waals surface area contributed by atoms with Crippen LogP contribution in [0.25, 0.3) is 0 Å². The highest BCUT2D eigenvalue weighted by molar-refractivity contribution is 7.80. The Morgan fingerprint density at radius 3 is 2.79 bits per heavy atom. The number of nitrogens with one attached hydrogen (secondary N) is 1. The molecule has 19 heavy (non-hydrogen) atoms. The molecular formula is C14H20N2OS2.